The van der Waals surface area contributed by atoms with Gasteiger partial charge in [-0.25, -0.2) is 0 Å². The van der Waals surface area contributed by atoms with Crippen molar-refractivity contribution in [3.8, 4) is 11.5 Å². The number of phenolic OH excluding ortho intramolecular Hbond substituents is 2. The minimum atomic E-state index is -1.24. The van der Waals surface area contributed by atoms with Crippen molar-refractivity contribution < 1.29 is 29.7 Å². The van der Waals surface area contributed by atoms with Crippen LogP contribution in [0.1, 0.15) is 34.8 Å². The van der Waals surface area contributed by atoms with Gasteiger partial charge in [0.1, 0.15) is 11.5 Å². The molecule has 13 heteroatoms. The Labute approximate surface area is 210 Å². The number of nitrogens with one attached hydrogen (secondary N) is 4. The largest absolute Gasteiger partial charge is 0.508 e. The van der Waals surface area contributed by atoms with Crippen LogP contribution in [0, 0.1) is 0 Å². The van der Waals surface area contributed by atoms with E-state index < -0.39 is 42.5 Å². The normalized spacial score (nSPS) is 13.7. The van der Waals surface area contributed by atoms with E-state index in [4.69, 9.17) is 23.2 Å². The van der Waals surface area contributed by atoms with Gasteiger partial charge in [0.15, 0.2) is 5.96 Å². The van der Waals surface area contributed by atoms with E-state index in [1.54, 1.807) is 0 Å². The highest BCUT2D eigenvalue weighted by molar-refractivity contribution is 6.35. The zero-order valence-electron chi connectivity index (χ0n) is 18.3. The number of benzene rings is 2. The van der Waals surface area contributed by atoms with E-state index in [0.717, 1.165) is 13.0 Å². The fourth-order valence-corrected chi connectivity index (χ4v) is 3.85. The molecule has 1 aliphatic heterocycles. The predicted octanol–water partition coefficient (Wildman–Crippen LogP) is 2.23. The number of aliphatic imine (C=N–C) groups is 1. The molecule has 1 atom stereocenters. The molecule has 1 aliphatic rings. The van der Waals surface area contributed by atoms with E-state index in [9.17, 15) is 29.7 Å². The highest BCUT2D eigenvalue weighted by Gasteiger charge is 2.23. The fourth-order valence-electron chi connectivity index (χ4n) is 3.34. The molecule has 7 N–H and O–H groups in total. The van der Waals surface area contributed by atoms with Crippen LogP contribution in [0.4, 0.5) is 5.69 Å². The number of hydrogen-bond donors (Lipinski definition) is 7. The Hall–Kier alpha value is -3.70. The minimum absolute atomic E-state index is 0.0208. The Bertz CT molecular complexity index is 1170. The number of carbonyl (C=O) groups excluding carboxylic acids is 2. The van der Waals surface area contributed by atoms with Crippen molar-refractivity contribution in [2.75, 3.05) is 25.0 Å². The topological polar surface area (TPSA) is 172 Å². The number of guanidine groups is 1. The lowest BCUT2D eigenvalue weighted by atomic mass is 10.0. The van der Waals surface area contributed by atoms with Crippen LogP contribution < -0.4 is 21.3 Å². The number of carboxylic acid groups (broad SMARTS) is 1. The Morgan fingerprint density at radius 2 is 1.89 bits per heavy atom. The van der Waals surface area contributed by atoms with Gasteiger partial charge >= 0.3 is 5.97 Å². The maximum atomic E-state index is 12.6. The fraction of sp³-hybridized carbons (Fsp3) is 0.273. The molecule has 0 fully saturated rings. The van der Waals surface area contributed by atoms with Gasteiger partial charge in [-0.15, -0.1) is 0 Å². The standard InChI is InChI=1S/C22H23Cl2N5O6/c23-12-6-15(20(34)16(24)7-12)17(9-19(32)33)29-18(31)10-27-21(35)11-4-13(8-14(30)5-11)28-22-25-2-1-3-26-22/h4-8,17,30,34H,1-3,9-10H2,(H,27,35)(H,29,31)(H,32,33)(H2,25,26,28)/t17-/m0/s1. The molecule has 35 heavy (non-hydrogen) atoms. The van der Waals surface area contributed by atoms with Gasteiger partial charge in [-0.2, -0.15) is 0 Å². The Morgan fingerprint density at radius 3 is 2.57 bits per heavy atom. The number of aromatic hydroxyl groups is 2. The number of aliphatic carboxylic acids is 1. The van der Waals surface area contributed by atoms with Crippen molar-refractivity contribution in [1.82, 2.24) is 16.0 Å². The van der Waals surface area contributed by atoms with Gasteiger partial charge in [0.25, 0.3) is 5.91 Å². The van der Waals surface area contributed by atoms with Crippen LogP contribution in [-0.4, -0.2) is 58.7 Å². The monoisotopic (exact) mass is 523 g/mol. The molecule has 0 aromatic heterocycles. The summed E-state index contributed by atoms with van der Waals surface area (Å²) < 4.78 is 0. The van der Waals surface area contributed by atoms with Crippen molar-refractivity contribution >= 4 is 52.6 Å². The van der Waals surface area contributed by atoms with Crippen LogP contribution in [0.15, 0.2) is 35.3 Å². The Balaban J connectivity index is 1.66. The van der Waals surface area contributed by atoms with Crippen LogP contribution in [0.5, 0.6) is 11.5 Å². The summed E-state index contributed by atoms with van der Waals surface area (Å²) in [7, 11) is 0. The predicted molar refractivity (Wildman–Crippen MR) is 130 cm³/mol. The van der Waals surface area contributed by atoms with E-state index in [-0.39, 0.29) is 26.9 Å². The highest BCUT2D eigenvalue weighted by Crippen LogP contribution is 2.36. The van der Waals surface area contributed by atoms with Gasteiger partial charge < -0.3 is 36.6 Å². The molecule has 0 radical (unpaired) electrons. The highest BCUT2D eigenvalue weighted by atomic mass is 35.5. The number of phenols is 2. The first-order chi connectivity index (χ1) is 16.6. The maximum absolute atomic E-state index is 12.6. The lowest BCUT2D eigenvalue weighted by Crippen LogP contribution is -2.39. The smallest absolute Gasteiger partial charge is 0.305 e. The molecule has 3 rings (SSSR count). The molecule has 1 heterocycles. The second-order valence-electron chi connectivity index (χ2n) is 7.63. The summed E-state index contributed by atoms with van der Waals surface area (Å²) in [6, 6.07) is 5.53. The van der Waals surface area contributed by atoms with Crippen LogP contribution >= 0.6 is 23.2 Å². The van der Waals surface area contributed by atoms with Gasteiger partial charge in [-0.1, -0.05) is 23.2 Å². The third-order valence-corrected chi connectivity index (χ3v) is 5.40. The number of halogens is 2. The molecular weight excluding hydrogens is 501 g/mol. The number of carboxylic acids is 1. The van der Waals surface area contributed by atoms with Crippen LogP contribution in [0.25, 0.3) is 0 Å². The van der Waals surface area contributed by atoms with Crippen LogP contribution in [0.2, 0.25) is 10.0 Å². The zero-order chi connectivity index (χ0) is 25.5. The van der Waals surface area contributed by atoms with Gasteiger partial charge in [0.05, 0.1) is 24.0 Å². The zero-order valence-corrected chi connectivity index (χ0v) is 19.8. The summed E-state index contributed by atoms with van der Waals surface area (Å²) in [6.45, 7) is 0.893. The summed E-state index contributed by atoms with van der Waals surface area (Å²) >= 11 is 11.9. The van der Waals surface area contributed by atoms with E-state index in [2.05, 4.69) is 26.3 Å². The summed E-state index contributed by atoms with van der Waals surface area (Å²) in [6.07, 6.45) is 0.335. The molecule has 0 spiro atoms. The lowest BCUT2D eigenvalue weighted by molar-refractivity contribution is -0.137. The lowest BCUT2D eigenvalue weighted by Gasteiger charge is -2.20. The average Bonchev–Trinajstić information content (AvgIpc) is 2.79. The van der Waals surface area contributed by atoms with Crippen molar-refractivity contribution in [2.45, 2.75) is 18.9 Å². The Morgan fingerprint density at radius 1 is 1.11 bits per heavy atom. The first-order valence-electron chi connectivity index (χ1n) is 10.5. The van der Waals surface area contributed by atoms with E-state index in [0.29, 0.717) is 18.2 Å². The number of amides is 2. The second-order valence-corrected chi connectivity index (χ2v) is 8.47. The van der Waals surface area contributed by atoms with Gasteiger partial charge in [-0.3, -0.25) is 19.4 Å². The SMILES string of the molecule is O=C(O)C[C@H](NC(=O)CNC(=O)c1cc(O)cc(NC2=NCCCN2)c1)c1cc(Cl)cc(Cl)c1O. The quantitative estimate of drug-likeness (QED) is 0.275. The molecule has 2 amide bonds. The van der Waals surface area contributed by atoms with E-state index >= 15 is 0 Å². The maximum Gasteiger partial charge on any atom is 0.305 e. The molecule has 0 aliphatic carbocycles. The van der Waals surface area contributed by atoms with Crippen molar-refractivity contribution in [3.63, 3.8) is 0 Å². The number of anilines is 1. The third kappa shape index (κ3) is 7.39. The molecule has 186 valence electrons. The molecule has 0 saturated carbocycles. The second kappa shape index (κ2) is 11.6. The number of hydrogen-bond acceptors (Lipinski definition) is 8. The third-order valence-electron chi connectivity index (χ3n) is 4.90. The molecule has 0 saturated heterocycles. The summed E-state index contributed by atoms with van der Waals surface area (Å²) in [5, 5.41) is 40.3. The molecule has 2 aromatic rings. The van der Waals surface area contributed by atoms with Crippen molar-refractivity contribution in [2.24, 2.45) is 4.99 Å². The average molecular weight is 524 g/mol. The molecular formula is C22H23Cl2N5O6. The number of nitrogens with zero attached hydrogens (tertiary/aromatic N) is 1. The Kier molecular flexibility index (Phi) is 8.61. The van der Waals surface area contributed by atoms with Crippen LogP contribution in [-0.2, 0) is 9.59 Å². The first-order valence-corrected chi connectivity index (χ1v) is 11.2. The molecule has 0 unspecified atom stereocenters. The van der Waals surface area contributed by atoms with Gasteiger partial charge in [0, 0.05) is 41.0 Å². The van der Waals surface area contributed by atoms with Gasteiger partial charge in [0.2, 0.25) is 5.91 Å². The summed E-state index contributed by atoms with van der Waals surface area (Å²) in [5.41, 5.74) is 0.521. The molecule has 2 aromatic carbocycles. The van der Waals surface area contributed by atoms with E-state index in [1.165, 1.54) is 30.3 Å². The van der Waals surface area contributed by atoms with Crippen LogP contribution in [0.3, 0.4) is 0 Å². The summed E-state index contributed by atoms with van der Waals surface area (Å²) in [4.78, 5) is 40.6. The molecule has 0 bridgehead atoms. The van der Waals surface area contributed by atoms with Crippen molar-refractivity contribution in [3.05, 3.63) is 51.5 Å². The van der Waals surface area contributed by atoms with E-state index in [1.807, 2.05) is 0 Å². The number of carbonyl (C=O) groups is 3. The first kappa shape index (κ1) is 25.9. The molecule has 11 nitrogen and oxygen atoms in total. The minimum Gasteiger partial charge on any atom is -0.508 e. The number of rotatable bonds is 8. The van der Waals surface area contributed by atoms with Gasteiger partial charge in [-0.05, 0) is 30.7 Å². The van der Waals surface area contributed by atoms with Crippen molar-refractivity contribution in [1.29, 1.82) is 0 Å². The summed E-state index contributed by atoms with van der Waals surface area (Å²) in [5.74, 6) is -2.69.